The first-order valence-electron chi connectivity index (χ1n) is 15.1. The van der Waals surface area contributed by atoms with E-state index in [1.807, 2.05) is 6.07 Å². The van der Waals surface area contributed by atoms with Crippen LogP contribution >= 0.6 is 0 Å². The second kappa shape index (κ2) is 15.5. The van der Waals surface area contributed by atoms with Gasteiger partial charge in [-0.3, -0.25) is 9.69 Å². The molecule has 45 heavy (non-hydrogen) atoms. The molecule has 0 bridgehead atoms. The Kier molecular flexibility index (Phi) is 11.8. The number of sulfone groups is 1. The lowest BCUT2D eigenvalue weighted by molar-refractivity contribution is -0.140. The number of rotatable bonds is 13. The van der Waals surface area contributed by atoms with E-state index in [0.717, 1.165) is 57.1 Å². The summed E-state index contributed by atoms with van der Waals surface area (Å²) in [7, 11) is -3.31. The smallest absolute Gasteiger partial charge is 0.382 e. The molecule has 0 spiro atoms. The third-order valence-corrected chi connectivity index (χ3v) is 8.81. The third kappa shape index (κ3) is 10.4. The van der Waals surface area contributed by atoms with Crippen LogP contribution in [0.15, 0.2) is 53.4 Å². The first-order valence-corrected chi connectivity index (χ1v) is 17.0. The number of carbonyl (C=O) groups excluding carboxylic acids is 1. The van der Waals surface area contributed by atoms with Gasteiger partial charge in [0.25, 0.3) is 0 Å². The van der Waals surface area contributed by atoms with Crippen molar-refractivity contribution in [2.75, 3.05) is 56.2 Å². The van der Waals surface area contributed by atoms with Crippen LogP contribution in [0.1, 0.15) is 37.8 Å². The zero-order chi connectivity index (χ0) is 32.5. The van der Waals surface area contributed by atoms with Crippen LogP contribution in [0.25, 0.3) is 10.9 Å². The van der Waals surface area contributed by atoms with Crippen molar-refractivity contribution in [3.8, 4) is 11.8 Å². The zero-order valence-electron chi connectivity index (χ0n) is 25.4. The van der Waals surface area contributed by atoms with E-state index in [9.17, 15) is 26.4 Å². The van der Waals surface area contributed by atoms with Crippen molar-refractivity contribution in [2.45, 2.75) is 55.8 Å². The van der Waals surface area contributed by atoms with E-state index in [0.29, 0.717) is 36.2 Å². The summed E-state index contributed by atoms with van der Waals surface area (Å²) >= 11 is 0. The average Bonchev–Trinajstić information content (AvgIpc) is 3.32. The normalized spacial score (nSPS) is 14.6. The van der Waals surface area contributed by atoms with E-state index in [4.69, 9.17) is 5.73 Å². The number of amides is 1. The number of anilines is 2. The van der Waals surface area contributed by atoms with Gasteiger partial charge in [0.2, 0.25) is 5.91 Å². The molecule has 3 aromatic rings. The number of hydrogen-bond acceptors (Lipinski definition) is 7. The number of alkyl halides is 3. The summed E-state index contributed by atoms with van der Waals surface area (Å²) in [5, 5.41) is 10.2. The molecule has 1 aliphatic heterocycles. The van der Waals surface area contributed by atoms with E-state index >= 15 is 0 Å². The fourth-order valence-corrected chi connectivity index (χ4v) is 5.98. The van der Waals surface area contributed by atoms with Crippen LogP contribution < -0.4 is 21.7 Å². The molecule has 1 aliphatic rings. The number of piperidine rings is 1. The van der Waals surface area contributed by atoms with Gasteiger partial charge in [0.15, 0.2) is 9.84 Å². The molecule has 5 N–H and O–H groups in total. The molecule has 4 rings (SSSR count). The number of nitrogens with one attached hydrogen (secondary N) is 3. The van der Waals surface area contributed by atoms with Crippen molar-refractivity contribution in [3.63, 3.8) is 0 Å². The molecule has 2 heterocycles. The molecule has 13 heteroatoms. The molecule has 1 fully saturated rings. The maximum atomic E-state index is 13.6. The zero-order valence-corrected chi connectivity index (χ0v) is 26.2. The predicted molar refractivity (Wildman–Crippen MR) is 172 cm³/mol. The Labute approximate surface area is 262 Å². The lowest BCUT2D eigenvalue weighted by atomic mass is 10.0. The highest BCUT2D eigenvalue weighted by Gasteiger charge is 2.30. The Morgan fingerprint density at radius 2 is 1.80 bits per heavy atom. The maximum absolute atomic E-state index is 13.6. The van der Waals surface area contributed by atoms with E-state index in [1.165, 1.54) is 16.7 Å². The second-order valence-corrected chi connectivity index (χ2v) is 13.3. The summed E-state index contributed by atoms with van der Waals surface area (Å²) in [6.45, 7) is 2.13. The van der Waals surface area contributed by atoms with Gasteiger partial charge in [-0.1, -0.05) is 18.4 Å². The molecule has 1 amide bonds. The van der Waals surface area contributed by atoms with Crippen molar-refractivity contribution in [3.05, 3.63) is 54.2 Å². The van der Waals surface area contributed by atoms with E-state index in [1.54, 1.807) is 30.3 Å². The number of unbranched alkanes of at least 4 members (excludes halogenated alkanes) is 2. The van der Waals surface area contributed by atoms with E-state index < -0.39 is 22.6 Å². The van der Waals surface area contributed by atoms with Gasteiger partial charge in [0.1, 0.15) is 6.54 Å². The number of carbonyl (C=O) groups is 1. The van der Waals surface area contributed by atoms with Gasteiger partial charge in [-0.25, -0.2) is 8.42 Å². The summed E-state index contributed by atoms with van der Waals surface area (Å²) in [6.07, 6.45) is 1.16. The number of halogens is 3. The Hall–Kier alpha value is -3.73. The predicted octanol–water partition coefficient (Wildman–Crippen LogP) is 4.19. The average molecular weight is 647 g/mol. The number of aromatic nitrogens is 1. The van der Waals surface area contributed by atoms with Crippen molar-refractivity contribution in [1.82, 2.24) is 14.8 Å². The lowest BCUT2D eigenvalue weighted by Crippen LogP contribution is -2.44. The number of nitrogens with two attached hydrogens (primary N) is 1. The molecular weight excluding hydrogens is 605 g/mol. The summed E-state index contributed by atoms with van der Waals surface area (Å²) < 4.78 is 65.3. The number of hydrogen-bond donors (Lipinski definition) is 4. The van der Waals surface area contributed by atoms with Gasteiger partial charge in [-0.05, 0) is 80.6 Å². The minimum absolute atomic E-state index is 0.0126. The third-order valence-electron chi connectivity index (χ3n) is 7.68. The van der Waals surface area contributed by atoms with Gasteiger partial charge >= 0.3 is 6.18 Å². The summed E-state index contributed by atoms with van der Waals surface area (Å²) in [6, 6.07) is 13.3. The molecule has 1 aromatic heterocycles. The largest absolute Gasteiger partial charge is 0.406 e. The fourth-order valence-electron chi connectivity index (χ4n) is 5.35. The summed E-state index contributed by atoms with van der Waals surface area (Å²) in [4.78, 5) is 14.6. The Balaban J connectivity index is 1.39. The second-order valence-electron chi connectivity index (χ2n) is 11.3. The highest BCUT2D eigenvalue weighted by atomic mass is 32.2. The van der Waals surface area contributed by atoms with Crippen molar-refractivity contribution in [1.29, 1.82) is 0 Å². The Bertz CT molecular complexity index is 1600. The summed E-state index contributed by atoms with van der Waals surface area (Å²) in [5.41, 5.74) is 7.57. The van der Waals surface area contributed by atoms with Crippen LogP contribution in [0.3, 0.4) is 0 Å². The van der Waals surface area contributed by atoms with E-state index in [-0.39, 0.29) is 29.1 Å². The van der Waals surface area contributed by atoms with Crippen LogP contribution in [0, 0.1) is 11.8 Å². The molecule has 0 aliphatic carbocycles. The quantitative estimate of drug-likeness (QED) is 0.162. The van der Waals surface area contributed by atoms with Crippen LogP contribution in [-0.2, 0) is 21.2 Å². The van der Waals surface area contributed by atoms with Crippen LogP contribution in [0.4, 0.5) is 24.5 Å². The number of nitrogens with zero attached hydrogens (tertiary/aromatic N) is 2. The molecule has 0 radical (unpaired) electrons. The minimum Gasteiger partial charge on any atom is -0.382 e. The molecule has 1 saturated heterocycles. The fraction of sp³-hybridized carbons (Fsp3) is 0.469. The highest BCUT2D eigenvalue weighted by Crippen LogP contribution is 2.31. The van der Waals surface area contributed by atoms with Gasteiger partial charge in [-0.15, -0.1) is 0 Å². The standard InChI is InChI=1S/C32H41F3N6O3S/c1-45(43,44)27-12-10-24(11-13-27)37-18-6-7-26-21-28-29(8-5-9-30(28)41(26)23-32(33,34)35)39-25-14-19-40(20-15-25)22-31(42)38-17-4-2-3-16-36/h5,8-13,21,25,37,39H,2-4,14-20,22-23,36H2,1H3,(H,38,42). The minimum atomic E-state index is -4.44. The van der Waals surface area contributed by atoms with Crippen molar-refractivity contribution < 1.29 is 26.4 Å². The lowest BCUT2D eigenvalue weighted by Gasteiger charge is -2.32. The number of benzene rings is 2. The maximum Gasteiger partial charge on any atom is 0.406 e. The Morgan fingerprint density at radius 1 is 1.07 bits per heavy atom. The van der Waals surface area contributed by atoms with Crippen molar-refractivity contribution in [2.24, 2.45) is 5.73 Å². The van der Waals surface area contributed by atoms with Gasteiger partial charge in [-0.2, -0.15) is 13.2 Å². The van der Waals surface area contributed by atoms with Gasteiger partial charge in [0, 0.05) is 48.7 Å². The molecule has 2 aromatic carbocycles. The van der Waals surface area contributed by atoms with Crippen LogP contribution in [-0.4, -0.2) is 81.5 Å². The van der Waals surface area contributed by atoms with Crippen LogP contribution in [0.2, 0.25) is 0 Å². The number of fused-ring (bicyclic) bond motifs is 1. The van der Waals surface area contributed by atoms with Crippen molar-refractivity contribution >= 4 is 38.0 Å². The molecular formula is C32H41F3N6O3S. The SMILES string of the molecule is CS(=O)(=O)c1ccc(NCC#Cc2cc3c(NC4CCN(CC(=O)NCCCCCN)CC4)cccc3n2CC(F)(F)F)cc1. The van der Waals surface area contributed by atoms with Gasteiger partial charge in [0.05, 0.1) is 29.2 Å². The first kappa shape index (κ1) is 34.1. The molecule has 0 unspecified atom stereocenters. The van der Waals surface area contributed by atoms with Gasteiger partial charge < -0.3 is 26.3 Å². The highest BCUT2D eigenvalue weighted by molar-refractivity contribution is 7.90. The summed E-state index contributed by atoms with van der Waals surface area (Å²) in [5.74, 6) is 5.79. The molecule has 0 atom stereocenters. The number of likely N-dealkylation sites (tertiary alicyclic amines) is 1. The monoisotopic (exact) mass is 646 g/mol. The van der Waals surface area contributed by atoms with Crippen LogP contribution in [0.5, 0.6) is 0 Å². The molecule has 9 nitrogen and oxygen atoms in total. The first-order chi connectivity index (χ1) is 21.4. The molecule has 0 saturated carbocycles. The topological polar surface area (TPSA) is 121 Å². The Morgan fingerprint density at radius 3 is 2.47 bits per heavy atom. The van der Waals surface area contributed by atoms with E-state index in [2.05, 4.69) is 32.7 Å². The molecule has 244 valence electrons.